The van der Waals surface area contributed by atoms with Crippen LogP contribution in [0.1, 0.15) is 101 Å². The Kier molecular flexibility index (Phi) is 9.62. The van der Waals surface area contributed by atoms with Gasteiger partial charge in [0.25, 0.3) is 0 Å². The van der Waals surface area contributed by atoms with Gasteiger partial charge in [0, 0.05) is 23.2 Å². The molecule has 0 amide bonds. The molecule has 2 saturated heterocycles. The van der Waals surface area contributed by atoms with Crippen LogP contribution in [0.15, 0.2) is 60.9 Å². The van der Waals surface area contributed by atoms with Crippen LogP contribution in [0.25, 0.3) is 22.5 Å². The summed E-state index contributed by atoms with van der Waals surface area (Å²) in [6, 6.07) is 17.3. The zero-order valence-electron chi connectivity index (χ0n) is 27.2. The van der Waals surface area contributed by atoms with Crippen molar-refractivity contribution in [2.75, 3.05) is 0 Å². The molecule has 46 heavy (non-hydrogen) atoms. The summed E-state index contributed by atoms with van der Waals surface area (Å²) in [6.07, 6.45) is 11.7. The number of nitrogens with zero attached hydrogens (tertiary/aromatic N) is 4. The summed E-state index contributed by atoms with van der Waals surface area (Å²) < 4.78 is 0. The van der Waals surface area contributed by atoms with Crippen LogP contribution in [-0.2, 0) is 9.59 Å². The van der Waals surface area contributed by atoms with Crippen molar-refractivity contribution < 1.29 is 9.59 Å². The molecule has 0 spiro atoms. The quantitative estimate of drug-likeness (QED) is 0.149. The number of hydrogen-bond donors (Lipinski definition) is 2. The molecule has 4 heterocycles. The van der Waals surface area contributed by atoms with E-state index in [9.17, 15) is 9.59 Å². The van der Waals surface area contributed by atoms with Crippen molar-refractivity contribution in [3.63, 3.8) is 0 Å². The molecule has 4 aromatic rings. The first-order valence-electron chi connectivity index (χ1n) is 16.7. The van der Waals surface area contributed by atoms with Crippen LogP contribution in [0.5, 0.6) is 0 Å². The molecule has 0 saturated carbocycles. The molecule has 238 valence electrons. The second-order valence-electron chi connectivity index (χ2n) is 12.8. The predicted octanol–water partition coefficient (Wildman–Crippen LogP) is 6.87. The van der Waals surface area contributed by atoms with E-state index >= 15 is 0 Å². The average molecular weight is 617 g/mol. The second kappa shape index (κ2) is 14.0. The van der Waals surface area contributed by atoms with Crippen LogP contribution in [-0.4, -0.2) is 66.5 Å². The highest BCUT2D eigenvalue weighted by atomic mass is 16.1. The number of rotatable bonds is 10. The Balaban J connectivity index is 1.10. The summed E-state index contributed by atoms with van der Waals surface area (Å²) in [5.74, 6) is 8.43. The molecule has 0 aliphatic carbocycles. The van der Waals surface area contributed by atoms with Crippen molar-refractivity contribution in [2.45, 2.75) is 102 Å². The number of aromatic amines is 2. The molecule has 2 aliphatic rings. The van der Waals surface area contributed by atoms with E-state index in [1.807, 2.05) is 36.7 Å². The third-order valence-electron chi connectivity index (χ3n) is 9.94. The van der Waals surface area contributed by atoms with Crippen LogP contribution in [0, 0.1) is 11.8 Å². The molecule has 2 aromatic heterocycles. The smallest absolute Gasteiger partial charge is 0.137 e. The molecule has 6 rings (SSSR count). The normalized spacial score (nSPS) is 23.1. The van der Waals surface area contributed by atoms with Crippen molar-refractivity contribution in [3.05, 3.63) is 83.7 Å². The first-order chi connectivity index (χ1) is 22.4. The molecule has 8 nitrogen and oxygen atoms in total. The molecule has 2 aliphatic heterocycles. The Morgan fingerprint density at radius 2 is 1.09 bits per heavy atom. The van der Waals surface area contributed by atoms with Gasteiger partial charge in [0.05, 0.1) is 47.9 Å². The predicted molar refractivity (Wildman–Crippen MR) is 181 cm³/mol. The van der Waals surface area contributed by atoms with E-state index in [0.717, 1.165) is 96.4 Å². The van der Waals surface area contributed by atoms with Gasteiger partial charge in [0.15, 0.2) is 0 Å². The number of carbonyl (C=O) groups is 2. The maximum absolute atomic E-state index is 11.7. The fourth-order valence-corrected chi connectivity index (χ4v) is 7.35. The van der Waals surface area contributed by atoms with Crippen LogP contribution in [0.4, 0.5) is 0 Å². The third kappa shape index (κ3) is 6.35. The van der Waals surface area contributed by atoms with E-state index in [4.69, 9.17) is 9.97 Å². The zero-order chi connectivity index (χ0) is 32.2. The van der Waals surface area contributed by atoms with E-state index in [2.05, 4.69) is 83.6 Å². The Labute approximate surface area is 272 Å². The molecule has 2 N–H and O–H groups in total. The van der Waals surface area contributed by atoms with Crippen LogP contribution < -0.4 is 0 Å². The highest BCUT2D eigenvalue weighted by Gasteiger charge is 2.38. The lowest BCUT2D eigenvalue weighted by atomic mass is 10.1. The van der Waals surface area contributed by atoms with Crippen LogP contribution in [0.3, 0.4) is 0 Å². The van der Waals surface area contributed by atoms with E-state index in [0.29, 0.717) is 12.1 Å². The highest BCUT2D eigenvalue weighted by molar-refractivity contribution is 5.62. The van der Waals surface area contributed by atoms with E-state index in [1.54, 1.807) is 0 Å². The maximum atomic E-state index is 11.7. The fourth-order valence-electron chi connectivity index (χ4n) is 7.35. The highest BCUT2D eigenvalue weighted by Crippen LogP contribution is 2.38. The summed E-state index contributed by atoms with van der Waals surface area (Å²) in [5, 5.41) is 0. The lowest BCUT2D eigenvalue weighted by Crippen LogP contribution is -2.40. The molecule has 0 radical (unpaired) electrons. The molecular weight excluding hydrogens is 572 g/mol. The van der Waals surface area contributed by atoms with Gasteiger partial charge in [0.2, 0.25) is 0 Å². The number of benzene rings is 2. The Morgan fingerprint density at radius 3 is 1.43 bits per heavy atom. The average Bonchev–Trinajstić information content (AvgIpc) is 3.90. The van der Waals surface area contributed by atoms with Crippen LogP contribution in [0.2, 0.25) is 0 Å². The zero-order valence-corrected chi connectivity index (χ0v) is 27.2. The van der Waals surface area contributed by atoms with Gasteiger partial charge in [-0.3, -0.25) is 9.80 Å². The number of carbonyl (C=O) groups excluding carboxylic acids is 2. The third-order valence-corrected chi connectivity index (χ3v) is 9.94. The SMILES string of the molecule is CC[C@@H](C=O)N1[C@@H](C)CC[C@H]1c1ncc(-c2ccc(C#Cc3ccc(-c4cnc([C@@H]5CC[C@H](C)N5[C@H](C=O)CC)[nH]4)cc3)cc2)[nH]1. The van der Waals surface area contributed by atoms with Gasteiger partial charge in [-0.15, -0.1) is 0 Å². The molecule has 2 fully saturated rings. The maximum Gasteiger partial charge on any atom is 0.137 e. The molecule has 6 atom stereocenters. The van der Waals surface area contributed by atoms with Crippen molar-refractivity contribution in [1.29, 1.82) is 0 Å². The summed E-state index contributed by atoms with van der Waals surface area (Å²) in [5.41, 5.74) is 5.92. The minimum Gasteiger partial charge on any atom is -0.341 e. The van der Waals surface area contributed by atoms with Gasteiger partial charge < -0.3 is 19.6 Å². The number of H-pyrrole nitrogens is 2. The number of aldehydes is 2. The topological polar surface area (TPSA) is 98.0 Å². The van der Waals surface area contributed by atoms with E-state index < -0.39 is 0 Å². The Hall–Kier alpha value is -4.32. The first kappa shape index (κ1) is 31.7. The second-order valence-corrected chi connectivity index (χ2v) is 12.8. The molecular formula is C38H44N6O2. The summed E-state index contributed by atoms with van der Waals surface area (Å²) >= 11 is 0. The molecule has 0 unspecified atom stereocenters. The summed E-state index contributed by atoms with van der Waals surface area (Å²) in [4.78, 5) is 44.5. The van der Waals surface area contributed by atoms with Gasteiger partial charge in [-0.1, -0.05) is 50.0 Å². The number of aromatic nitrogens is 4. The van der Waals surface area contributed by atoms with Gasteiger partial charge >= 0.3 is 0 Å². The van der Waals surface area contributed by atoms with Gasteiger partial charge in [0.1, 0.15) is 24.2 Å². The molecule has 2 aromatic carbocycles. The largest absolute Gasteiger partial charge is 0.341 e. The monoisotopic (exact) mass is 616 g/mol. The number of likely N-dealkylation sites (tertiary alicyclic amines) is 2. The van der Waals surface area contributed by atoms with Crippen molar-refractivity contribution in [2.24, 2.45) is 0 Å². The number of imidazole rings is 2. The molecule has 0 bridgehead atoms. The summed E-state index contributed by atoms with van der Waals surface area (Å²) in [7, 11) is 0. The van der Waals surface area contributed by atoms with Crippen molar-refractivity contribution in [1.82, 2.24) is 29.7 Å². The standard InChI is InChI=1S/C38H44N6O2/c1-5-31(23-45)43-25(3)7-19-35(43)37-39-21-33(41-37)29-15-11-27(12-16-29)9-10-28-13-17-30(18-14-28)34-22-40-38(42-34)36-20-8-26(4)44(36)32(6-2)24-46/h11-18,21-26,31-32,35-36H,5-8,19-20H2,1-4H3,(H,39,41)(H,40,42)/t25-,26-,31-,32-,35-,36-/m0/s1. The molecule has 8 heteroatoms. The minimum atomic E-state index is -0.0794. The Morgan fingerprint density at radius 1 is 0.696 bits per heavy atom. The van der Waals surface area contributed by atoms with E-state index in [1.165, 1.54) is 0 Å². The first-order valence-corrected chi connectivity index (χ1v) is 16.7. The van der Waals surface area contributed by atoms with Gasteiger partial charge in [-0.05, 0) is 87.8 Å². The minimum absolute atomic E-state index is 0.0794. The Bertz CT molecular complexity index is 1570. The van der Waals surface area contributed by atoms with Crippen molar-refractivity contribution in [3.8, 4) is 34.4 Å². The van der Waals surface area contributed by atoms with Crippen LogP contribution >= 0.6 is 0 Å². The van der Waals surface area contributed by atoms with Gasteiger partial charge in [-0.25, -0.2) is 9.97 Å². The lowest BCUT2D eigenvalue weighted by Gasteiger charge is -2.31. The van der Waals surface area contributed by atoms with E-state index in [-0.39, 0.29) is 24.2 Å². The lowest BCUT2D eigenvalue weighted by molar-refractivity contribution is -0.114. The number of nitrogens with one attached hydrogen (secondary N) is 2. The number of hydrogen-bond acceptors (Lipinski definition) is 6. The summed E-state index contributed by atoms with van der Waals surface area (Å²) in [6.45, 7) is 8.52. The fraction of sp³-hybridized carbons (Fsp3) is 0.421. The van der Waals surface area contributed by atoms with Crippen molar-refractivity contribution >= 4 is 12.6 Å². The van der Waals surface area contributed by atoms with Gasteiger partial charge in [-0.2, -0.15) is 0 Å².